The lowest BCUT2D eigenvalue weighted by Gasteiger charge is -2.34. The van der Waals surface area contributed by atoms with Gasteiger partial charge in [-0.05, 0) is 20.3 Å². The van der Waals surface area contributed by atoms with Crippen molar-refractivity contribution in [1.29, 1.82) is 0 Å². The highest BCUT2D eigenvalue weighted by Crippen LogP contribution is 2.15. The summed E-state index contributed by atoms with van der Waals surface area (Å²) in [6.45, 7) is 6.82. The molecule has 0 bridgehead atoms. The van der Waals surface area contributed by atoms with E-state index in [1.165, 1.54) is 0 Å². The van der Waals surface area contributed by atoms with Gasteiger partial charge in [-0.15, -0.1) is 0 Å². The average Bonchev–Trinajstić information content (AvgIpc) is 2.13. The Labute approximate surface area is 92.7 Å². The van der Waals surface area contributed by atoms with Gasteiger partial charge in [0.05, 0.1) is 18.0 Å². The van der Waals surface area contributed by atoms with E-state index in [-0.39, 0.29) is 18.0 Å². The Kier molecular flexibility index (Phi) is 4.55. The Morgan fingerprint density at radius 3 is 2.27 bits per heavy atom. The van der Waals surface area contributed by atoms with Crippen molar-refractivity contribution < 1.29 is 13.2 Å². The number of nitrogens with zero attached hydrogens (tertiary/aromatic N) is 1. The summed E-state index contributed by atoms with van der Waals surface area (Å²) in [5.41, 5.74) is 0. The van der Waals surface area contributed by atoms with E-state index in [4.69, 9.17) is 4.74 Å². The van der Waals surface area contributed by atoms with Crippen LogP contribution >= 0.6 is 0 Å². The van der Waals surface area contributed by atoms with Crippen molar-refractivity contribution in [2.45, 2.75) is 45.8 Å². The van der Waals surface area contributed by atoms with E-state index in [1.54, 1.807) is 4.31 Å². The highest BCUT2D eigenvalue weighted by Gasteiger charge is 2.30. The molecule has 4 nitrogen and oxygen atoms in total. The van der Waals surface area contributed by atoms with E-state index < -0.39 is 10.0 Å². The van der Waals surface area contributed by atoms with Crippen LogP contribution in [0.4, 0.5) is 0 Å². The molecule has 2 unspecified atom stereocenters. The third kappa shape index (κ3) is 3.74. The van der Waals surface area contributed by atoms with Gasteiger partial charge in [-0.3, -0.25) is 0 Å². The summed E-state index contributed by atoms with van der Waals surface area (Å²) in [4.78, 5) is 0. The molecule has 0 aromatic carbocycles. The van der Waals surface area contributed by atoms with Gasteiger partial charge in [0.15, 0.2) is 0 Å². The van der Waals surface area contributed by atoms with Gasteiger partial charge in [0.25, 0.3) is 0 Å². The largest absolute Gasteiger partial charge is 0.373 e. The first kappa shape index (κ1) is 12.9. The lowest BCUT2D eigenvalue weighted by Crippen LogP contribution is -2.48. The zero-order valence-electron chi connectivity index (χ0n) is 9.77. The van der Waals surface area contributed by atoms with Crippen molar-refractivity contribution in [3.63, 3.8) is 0 Å². The van der Waals surface area contributed by atoms with Crippen molar-refractivity contribution in [2.24, 2.45) is 0 Å². The highest BCUT2D eigenvalue weighted by atomic mass is 32.2. The number of ether oxygens (including phenoxy) is 1. The van der Waals surface area contributed by atoms with Gasteiger partial charge in [0.2, 0.25) is 10.0 Å². The van der Waals surface area contributed by atoms with Crippen molar-refractivity contribution in [3.8, 4) is 0 Å². The van der Waals surface area contributed by atoms with Crippen molar-refractivity contribution >= 4 is 10.0 Å². The maximum absolute atomic E-state index is 11.9. The van der Waals surface area contributed by atoms with Gasteiger partial charge in [-0.25, -0.2) is 8.42 Å². The van der Waals surface area contributed by atoms with E-state index >= 15 is 0 Å². The summed E-state index contributed by atoms with van der Waals surface area (Å²) < 4.78 is 30.9. The first-order valence-electron chi connectivity index (χ1n) is 5.59. The Hall–Kier alpha value is -0.130. The normalized spacial score (nSPS) is 29.3. The summed E-state index contributed by atoms with van der Waals surface area (Å²) in [6, 6.07) is 0. The average molecular weight is 235 g/mol. The molecule has 0 radical (unpaired) electrons. The van der Waals surface area contributed by atoms with Gasteiger partial charge in [-0.1, -0.05) is 13.3 Å². The Bertz CT molecular complexity index is 279. The summed E-state index contributed by atoms with van der Waals surface area (Å²) in [5.74, 6) is 0.267. The minimum Gasteiger partial charge on any atom is -0.373 e. The lowest BCUT2D eigenvalue weighted by atomic mass is 10.3. The fourth-order valence-electron chi connectivity index (χ4n) is 1.81. The standard InChI is InChI=1S/C10H21NO3S/c1-4-5-6-15(12,13)11-7-9(2)14-10(3)8-11/h9-10H,4-8H2,1-3H3. The van der Waals surface area contributed by atoms with Crippen LogP contribution in [0.25, 0.3) is 0 Å². The molecule has 0 saturated carbocycles. The van der Waals surface area contributed by atoms with Gasteiger partial charge in [-0.2, -0.15) is 4.31 Å². The second-order valence-electron chi connectivity index (χ2n) is 4.24. The van der Waals surface area contributed by atoms with Gasteiger partial charge in [0, 0.05) is 13.1 Å². The fourth-order valence-corrected chi connectivity index (χ4v) is 3.60. The zero-order valence-corrected chi connectivity index (χ0v) is 10.6. The smallest absolute Gasteiger partial charge is 0.214 e. The maximum Gasteiger partial charge on any atom is 0.214 e. The lowest BCUT2D eigenvalue weighted by molar-refractivity contribution is -0.0440. The Balaban J connectivity index is 2.61. The second kappa shape index (κ2) is 5.27. The molecule has 1 aliphatic rings. The number of hydrogen-bond donors (Lipinski definition) is 0. The van der Waals surface area contributed by atoms with Crippen LogP contribution in [0, 0.1) is 0 Å². The fraction of sp³-hybridized carbons (Fsp3) is 1.00. The van der Waals surface area contributed by atoms with E-state index in [0.29, 0.717) is 13.1 Å². The summed E-state index contributed by atoms with van der Waals surface area (Å²) in [5, 5.41) is 0. The third-order valence-corrected chi connectivity index (χ3v) is 4.42. The van der Waals surface area contributed by atoms with Crippen LogP contribution in [-0.4, -0.2) is 43.8 Å². The van der Waals surface area contributed by atoms with Crippen LogP contribution in [0.3, 0.4) is 0 Å². The maximum atomic E-state index is 11.9. The molecular formula is C10H21NO3S. The molecule has 15 heavy (non-hydrogen) atoms. The predicted molar refractivity (Wildman–Crippen MR) is 60.3 cm³/mol. The quantitative estimate of drug-likeness (QED) is 0.736. The summed E-state index contributed by atoms with van der Waals surface area (Å²) in [7, 11) is -3.06. The molecule has 0 N–H and O–H groups in total. The minimum absolute atomic E-state index is 0.00477. The molecule has 1 rings (SSSR count). The number of morpholine rings is 1. The molecule has 0 aromatic heterocycles. The molecule has 0 amide bonds. The molecule has 0 aromatic rings. The summed E-state index contributed by atoms with van der Waals surface area (Å²) >= 11 is 0. The monoisotopic (exact) mass is 235 g/mol. The molecule has 2 atom stereocenters. The Morgan fingerprint density at radius 1 is 1.27 bits per heavy atom. The van der Waals surface area contributed by atoms with Crippen LogP contribution in [0.15, 0.2) is 0 Å². The molecule has 1 aliphatic heterocycles. The van der Waals surface area contributed by atoms with Gasteiger partial charge in [0.1, 0.15) is 0 Å². The molecular weight excluding hydrogens is 214 g/mol. The molecule has 5 heteroatoms. The van der Waals surface area contributed by atoms with E-state index in [9.17, 15) is 8.42 Å². The number of hydrogen-bond acceptors (Lipinski definition) is 3. The van der Waals surface area contributed by atoms with E-state index in [0.717, 1.165) is 12.8 Å². The predicted octanol–water partition coefficient (Wildman–Crippen LogP) is 1.23. The van der Waals surface area contributed by atoms with Crippen LogP contribution in [0.2, 0.25) is 0 Å². The van der Waals surface area contributed by atoms with Crippen LogP contribution in [-0.2, 0) is 14.8 Å². The van der Waals surface area contributed by atoms with Crippen molar-refractivity contribution in [1.82, 2.24) is 4.31 Å². The minimum atomic E-state index is -3.06. The molecule has 1 fully saturated rings. The molecule has 0 spiro atoms. The molecule has 0 aliphatic carbocycles. The van der Waals surface area contributed by atoms with Gasteiger partial charge >= 0.3 is 0 Å². The van der Waals surface area contributed by atoms with E-state index in [2.05, 4.69) is 0 Å². The van der Waals surface area contributed by atoms with Gasteiger partial charge < -0.3 is 4.74 Å². The van der Waals surface area contributed by atoms with Crippen molar-refractivity contribution in [2.75, 3.05) is 18.8 Å². The second-order valence-corrected chi connectivity index (χ2v) is 6.33. The SMILES string of the molecule is CCCCS(=O)(=O)N1CC(C)OC(C)C1. The molecule has 90 valence electrons. The van der Waals surface area contributed by atoms with Crippen LogP contribution in [0.1, 0.15) is 33.6 Å². The summed E-state index contributed by atoms with van der Waals surface area (Å²) in [6.07, 6.45) is 1.66. The third-order valence-electron chi connectivity index (χ3n) is 2.54. The number of unbranched alkanes of at least 4 members (excludes halogenated alkanes) is 1. The highest BCUT2D eigenvalue weighted by molar-refractivity contribution is 7.89. The molecule has 1 heterocycles. The van der Waals surface area contributed by atoms with Crippen molar-refractivity contribution in [3.05, 3.63) is 0 Å². The van der Waals surface area contributed by atoms with Crippen LogP contribution in [0.5, 0.6) is 0 Å². The first-order chi connectivity index (χ1) is 6.95. The number of sulfonamides is 1. The van der Waals surface area contributed by atoms with E-state index in [1.807, 2.05) is 20.8 Å². The topological polar surface area (TPSA) is 46.6 Å². The molecule has 1 saturated heterocycles. The first-order valence-corrected chi connectivity index (χ1v) is 7.20. The Morgan fingerprint density at radius 2 is 1.80 bits per heavy atom. The zero-order chi connectivity index (χ0) is 11.5. The van der Waals surface area contributed by atoms with Crippen LogP contribution < -0.4 is 0 Å². The number of rotatable bonds is 4.